The van der Waals surface area contributed by atoms with Gasteiger partial charge in [-0.05, 0) is 53.6 Å². The van der Waals surface area contributed by atoms with Gasteiger partial charge in [0.25, 0.3) is 0 Å². The van der Waals surface area contributed by atoms with E-state index in [4.69, 9.17) is 11.6 Å². The van der Waals surface area contributed by atoms with E-state index in [0.29, 0.717) is 5.15 Å². The fourth-order valence-electron chi connectivity index (χ4n) is 3.14. The van der Waals surface area contributed by atoms with Crippen LogP contribution < -0.4 is 10.6 Å². The summed E-state index contributed by atoms with van der Waals surface area (Å²) in [6.07, 6.45) is 9.38. The van der Waals surface area contributed by atoms with Crippen LogP contribution in [0.5, 0.6) is 0 Å². The molecule has 4 nitrogen and oxygen atoms in total. The molecular weight excluding hydrogens is 404 g/mol. The zero-order valence-electron chi connectivity index (χ0n) is 16.8. The second kappa shape index (κ2) is 9.74. The SMILES string of the molecule is C1=Cc2ncccc2Nc2ccccc21.C=Cc1ccccc1Nc1cccnc1Cl. The van der Waals surface area contributed by atoms with Gasteiger partial charge in [0.2, 0.25) is 0 Å². The van der Waals surface area contributed by atoms with Crippen molar-refractivity contribution in [3.63, 3.8) is 0 Å². The normalized spacial score (nSPS) is 11.0. The Morgan fingerprint density at radius 3 is 2.35 bits per heavy atom. The maximum Gasteiger partial charge on any atom is 0.152 e. The number of rotatable bonds is 3. The van der Waals surface area contributed by atoms with E-state index in [1.807, 2.05) is 66.7 Å². The number of halogens is 1. The first-order valence-electron chi connectivity index (χ1n) is 9.83. The van der Waals surface area contributed by atoms with Crippen LogP contribution in [0.1, 0.15) is 16.8 Å². The molecule has 2 aromatic heterocycles. The molecule has 0 spiro atoms. The first-order chi connectivity index (χ1) is 15.2. The van der Waals surface area contributed by atoms with E-state index in [-0.39, 0.29) is 0 Å². The minimum absolute atomic E-state index is 0.460. The number of fused-ring (bicyclic) bond motifs is 2. The van der Waals surface area contributed by atoms with Crippen LogP contribution in [0.25, 0.3) is 18.2 Å². The number of aromatic nitrogens is 2. The molecule has 1 aliphatic rings. The number of nitrogens with one attached hydrogen (secondary N) is 2. The Bertz CT molecular complexity index is 1190. The maximum absolute atomic E-state index is 5.97. The van der Waals surface area contributed by atoms with Gasteiger partial charge >= 0.3 is 0 Å². The van der Waals surface area contributed by atoms with Crippen LogP contribution >= 0.6 is 11.6 Å². The fourth-order valence-corrected chi connectivity index (χ4v) is 3.31. The largest absolute Gasteiger partial charge is 0.353 e. The highest BCUT2D eigenvalue weighted by Crippen LogP contribution is 2.28. The van der Waals surface area contributed by atoms with E-state index in [1.165, 1.54) is 5.56 Å². The quantitative estimate of drug-likeness (QED) is 0.295. The standard InChI is InChI=1S/C13H11ClN2.C13H10N2/c1-2-10-6-3-4-7-11(10)16-12-8-5-9-15-13(12)14;1-2-5-11-10(4-1)7-8-12-13(15-11)6-3-9-14-12/h2-9,16H,1H2;1-9,15H. The zero-order chi connectivity index (χ0) is 21.5. The summed E-state index contributed by atoms with van der Waals surface area (Å²) in [5.74, 6) is 0. The molecule has 0 saturated heterocycles. The van der Waals surface area contributed by atoms with E-state index in [1.54, 1.807) is 18.5 Å². The Labute approximate surface area is 187 Å². The number of benzene rings is 2. The van der Waals surface area contributed by atoms with Gasteiger partial charge in [0.15, 0.2) is 5.15 Å². The lowest BCUT2D eigenvalue weighted by Crippen LogP contribution is -1.94. The molecule has 0 unspecified atom stereocenters. The van der Waals surface area contributed by atoms with Crippen molar-refractivity contribution in [2.45, 2.75) is 0 Å². The molecule has 0 fully saturated rings. The van der Waals surface area contributed by atoms with Crippen LogP contribution in [-0.2, 0) is 0 Å². The number of hydrogen-bond acceptors (Lipinski definition) is 4. The molecule has 0 bridgehead atoms. The third-order valence-corrected chi connectivity index (χ3v) is 5.00. The predicted molar refractivity (Wildman–Crippen MR) is 132 cm³/mol. The van der Waals surface area contributed by atoms with Gasteiger partial charge < -0.3 is 10.6 Å². The third kappa shape index (κ3) is 5.00. The average molecular weight is 425 g/mol. The first-order valence-corrected chi connectivity index (χ1v) is 10.2. The summed E-state index contributed by atoms with van der Waals surface area (Å²) in [5, 5.41) is 7.06. The first kappa shape index (κ1) is 20.4. The Morgan fingerprint density at radius 2 is 1.48 bits per heavy atom. The lowest BCUT2D eigenvalue weighted by atomic mass is 10.1. The molecule has 2 N–H and O–H groups in total. The van der Waals surface area contributed by atoms with Gasteiger partial charge in [-0.2, -0.15) is 0 Å². The van der Waals surface area contributed by atoms with Gasteiger partial charge in [0.05, 0.1) is 17.1 Å². The topological polar surface area (TPSA) is 49.8 Å². The Hall–Kier alpha value is -3.89. The highest BCUT2D eigenvalue weighted by atomic mass is 35.5. The molecule has 5 rings (SSSR count). The van der Waals surface area contributed by atoms with Crippen molar-refractivity contribution >= 4 is 52.6 Å². The molecular formula is C26H21ClN4. The summed E-state index contributed by atoms with van der Waals surface area (Å²) in [5.41, 5.74) is 7.14. The van der Waals surface area contributed by atoms with Crippen LogP contribution in [-0.4, -0.2) is 9.97 Å². The van der Waals surface area contributed by atoms with Crippen molar-refractivity contribution in [2.24, 2.45) is 0 Å². The average Bonchev–Trinajstić information content (AvgIpc) is 3.01. The summed E-state index contributed by atoms with van der Waals surface area (Å²) in [4.78, 5) is 8.32. The Morgan fingerprint density at radius 1 is 0.774 bits per heavy atom. The van der Waals surface area contributed by atoms with Crippen LogP contribution in [0.2, 0.25) is 5.15 Å². The Kier molecular flexibility index (Phi) is 6.41. The molecule has 0 amide bonds. The van der Waals surface area contributed by atoms with Gasteiger partial charge in [-0.15, -0.1) is 0 Å². The number of anilines is 4. The van der Waals surface area contributed by atoms with Crippen molar-refractivity contribution < 1.29 is 0 Å². The highest BCUT2D eigenvalue weighted by molar-refractivity contribution is 6.32. The van der Waals surface area contributed by atoms with Gasteiger partial charge in [0, 0.05) is 23.8 Å². The van der Waals surface area contributed by atoms with Crippen molar-refractivity contribution in [2.75, 3.05) is 10.6 Å². The second-order valence-electron chi connectivity index (χ2n) is 6.74. The summed E-state index contributed by atoms with van der Waals surface area (Å²) in [6.45, 7) is 3.77. The lowest BCUT2D eigenvalue weighted by Gasteiger charge is -2.09. The highest BCUT2D eigenvalue weighted by Gasteiger charge is 2.07. The smallest absolute Gasteiger partial charge is 0.152 e. The third-order valence-electron chi connectivity index (χ3n) is 4.70. The molecule has 0 aliphatic carbocycles. The van der Waals surface area contributed by atoms with Crippen LogP contribution in [0, 0.1) is 0 Å². The number of para-hydroxylation sites is 2. The summed E-state index contributed by atoms with van der Waals surface area (Å²) >= 11 is 5.97. The Balaban J connectivity index is 0.000000149. The van der Waals surface area contributed by atoms with Crippen molar-refractivity contribution in [3.8, 4) is 0 Å². The van der Waals surface area contributed by atoms with E-state index >= 15 is 0 Å². The lowest BCUT2D eigenvalue weighted by molar-refractivity contribution is 1.29. The molecule has 5 heteroatoms. The van der Waals surface area contributed by atoms with Crippen LogP contribution in [0.4, 0.5) is 22.7 Å². The maximum atomic E-state index is 5.97. The van der Waals surface area contributed by atoms with Crippen LogP contribution in [0.15, 0.2) is 91.8 Å². The van der Waals surface area contributed by atoms with E-state index in [0.717, 1.165) is 34.0 Å². The summed E-state index contributed by atoms with van der Waals surface area (Å²) in [6, 6.07) is 23.8. The second-order valence-corrected chi connectivity index (χ2v) is 7.10. The summed E-state index contributed by atoms with van der Waals surface area (Å²) < 4.78 is 0. The molecule has 0 saturated carbocycles. The molecule has 152 valence electrons. The van der Waals surface area contributed by atoms with Crippen molar-refractivity contribution in [1.29, 1.82) is 0 Å². The van der Waals surface area contributed by atoms with Gasteiger partial charge in [0.1, 0.15) is 0 Å². The van der Waals surface area contributed by atoms with E-state index < -0.39 is 0 Å². The number of pyridine rings is 2. The molecule has 0 radical (unpaired) electrons. The van der Waals surface area contributed by atoms with Crippen LogP contribution in [0.3, 0.4) is 0 Å². The molecule has 1 aliphatic heterocycles. The monoisotopic (exact) mass is 424 g/mol. The summed E-state index contributed by atoms with van der Waals surface area (Å²) in [7, 11) is 0. The minimum atomic E-state index is 0.460. The van der Waals surface area contributed by atoms with Crippen molar-refractivity contribution in [3.05, 3.63) is 114 Å². The van der Waals surface area contributed by atoms with Gasteiger partial charge in [-0.1, -0.05) is 66.7 Å². The molecule has 31 heavy (non-hydrogen) atoms. The minimum Gasteiger partial charge on any atom is -0.353 e. The van der Waals surface area contributed by atoms with E-state index in [2.05, 4.69) is 45.4 Å². The fraction of sp³-hybridized carbons (Fsp3) is 0. The predicted octanol–water partition coefficient (Wildman–Crippen LogP) is 7.43. The molecule has 2 aromatic carbocycles. The zero-order valence-corrected chi connectivity index (χ0v) is 17.6. The van der Waals surface area contributed by atoms with E-state index in [9.17, 15) is 0 Å². The number of nitrogens with zero attached hydrogens (tertiary/aromatic N) is 2. The van der Waals surface area contributed by atoms with Crippen molar-refractivity contribution in [1.82, 2.24) is 9.97 Å². The molecule has 0 atom stereocenters. The number of hydrogen-bond donors (Lipinski definition) is 2. The van der Waals surface area contributed by atoms with Gasteiger partial charge in [-0.25, -0.2) is 4.98 Å². The van der Waals surface area contributed by atoms with Gasteiger partial charge in [-0.3, -0.25) is 4.98 Å². The molecule has 4 aromatic rings. The molecule has 3 heterocycles.